The van der Waals surface area contributed by atoms with E-state index in [-0.39, 0.29) is 5.91 Å². The summed E-state index contributed by atoms with van der Waals surface area (Å²) in [6.07, 6.45) is 1.71. The van der Waals surface area contributed by atoms with Crippen LogP contribution in [-0.4, -0.2) is 36.3 Å². The second kappa shape index (κ2) is 6.25. The fourth-order valence-electron chi connectivity index (χ4n) is 4.21. The SMILES string of the molecule is CCN1CCC2(CC1)C(=O)Nc1cc(-c3cccc(C(N)=O)c3)ccc12. The molecule has 0 atom stereocenters. The van der Waals surface area contributed by atoms with Gasteiger partial charge < -0.3 is 16.0 Å². The number of rotatable bonds is 3. The smallest absolute Gasteiger partial charge is 0.248 e. The number of hydrogen-bond acceptors (Lipinski definition) is 3. The Kier molecular flexibility index (Phi) is 4.04. The largest absolute Gasteiger partial charge is 0.366 e. The Labute approximate surface area is 153 Å². The Bertz CT molecular complexity index is 883. The first-order valence-corrected chi connectivity index (χ1v) is 9.12. The van der Waals surface area contributed by atoms with Crippen LogP contribution in [0.5, 0.6) is 0 Å². The van der Waals surface area contributed by atoms with E-state index in [9.17, 15) is 9.59 Å². The number of amides is 2. The molecule has 0 radical (unpaired) electrons. The second-order valence-corrected chi connectivity index (χ2v) is 7.18. The molecule has 0 aliphatic carbocycles. The molecular weight excluding hydrogens is 326 g/mol. The quantitative estimate of drug-likeness (QED) is 0.895. The Morgan fingerprint density at radius 1 is 1.15 bits per heavy atom. The third-order valence-corrected chi connectivity index (χ3v) is 5.86. The molecule has 0 saturated carbocycles. The molecule has 2 aliphatic rings. The van der Waals surface area contributed by atoms with Crippen molar-refractivity contribution in [2.75, 3.05) is 25.0 Å². The van der Waals surface area contributed by atoms with Crippen LogP contribution >= 0.6 is 0 Å². The van der Waals surface area contributed by atoms with Crippen molar-refractivity contribution in [3.05, 3.63) is 53.6 Å². The van der Waals surface area contributed by atoms with Crippen LogP contribution in [0, 0.1) is 0 Å². The molecule has 3 N–H and O–H groups in total. The lowest BCUT2D eigenvalue weighted by Gasteiger charge is -2.37. The fourth-order valence-corrected chi connectivity index (χ4v) is 4.21. The highest BCUT2D eigenvalue weighted by atomic mass is 16.2. The Balaban J connectivity index is 1.69. The molecule has 4 rings (SSSR count). The van der Waals surface area contributed by atoms with E-state index < -0.39 is 11.3 Å². The van der Waals surface area contributed by atoms with Crippen molar-refractivity contribution in [1.29, 1.82) is 0 Å². The highest BCUT2D eigenvalue weighted by Gasteiger charge is 2.48. The molecule has 0 unspecified atom stereocenters. The van der Waals surface area contributed by atoms with Gasteiger partial charge in [0.25, 0.3) is 0 Å². The zero-order chi connectivity index (χ0) is 18.3. The van der Waals surface area contributed by atoms with Crippen molar-refractivity contribution in [3.63, 3.8) is 0 Å². The van der Waals surface area contributed by atoms with Crippen LogP contribution in [0.3, 0.4) is 0 Å². The van der Waals surface area contributed by atoms with E-state index in [2.05, 4.69) is 23.2 Å². The molecule has 2 aromatic rings. The van der Waals surface area contributed by atoms with E-state index in [1.807, 2.05) is 24.3 Å². The van der Waals surface area contributed by atoms with Crippen LogP contribution in [0.1, 0.15) is 35.7 Å². The first-order chi connectivity index (χ1) is 12.5. The Hall–Kier alpha value is -2.66. The molecule has 5 nitrogen and oxygen atoms in total. The molecular formula is C21H23N3O2. The predicted octanol–water partition coefficient (Wildman–Crippen LogP) is 2.76. The number of nitrogens with two attached hydrogens (primary N) is 1. The van der Waals surface area contributed by atoms with Crippen molar-refractivity contribution >= 4 is 17.5 Å². The van der Waals surface area contributed by atoms with Gasteiger partial charge in [-0.3, -0.25) is 9.59 Å². The standard InChI is InChI=1S/C21H23N3O2/c1-2-24-10-8-21(9-11-24)17-7-6-15(13-18(17)23-20(21)26)14-4-3-5-16(12-14)19(22)25/h3-7,12-13H,2,8-11H2,1H3,(H2,22,25)(H,23,26). The first-order valence-electron chi connectivity index (χ1n) is 9.12. The highest BCUT2D eigenvalue weighted by Crippen LogP contribution is 2.46. The van der Waals surface area contributed by atoms with E-state index in [1.165, 1.54) is 0 Å². The van der Waals surface area contributed by atoms with E-state index in [1.54, 1.807) is 12.1 Å². The maximum absolute atomic E-state index is 12.8. The molecule has 5 heteroatoms. The monoisotopic (exact) mass is 349 g/mol. The lowest BCUT2D eigenvalue weighted by Crippen LogP contribution is -2.46. The van der Waals surface area contributed by atoms with Gasteiger partial charge in [0, 0.05) is 11.3 Å². The van der Waals surface area contributed by atoms with Crippen molar-refractivity contribution in [3.8, 4) is 11.1 Å². The van der Waals surface area contributed by atoms with Gasteiger partial charge in [-0.25, -0.2) is 0 Å². The molecule has 1 fully saturated rings. The van der Waals surface area contributed by atoms with Gasteiger partial charge in [-0.1, -0.05) is 31.2 Å². The predicted molar refractivity (Wildman–Crippen MR) is 102 cm³/mol. The summed E-state index contributed by atoms with van der Waals surface area (Å²) < 4.78 is 0. The van der Waals surface area contributed by atoms with Gasteiger partial charge >= 0.3 is 0 Å². The van der Waals surface area contributed by atoms with E-state index in [0.717, 1.165) is 54.9 Å². The zero-order valence-corrected chi connectivity index (χ0v) is 14.9. The van der Waals surface area contributed by atoms with Crippen LogP contribution in [0.2, 0.25) is 0 Å². The molecule has 0 bridgehead atoms. The number of primary amides is 1. The molecule has 26 heavy (non-hydrogen) atoms. The van der Waals surface area contributed by atoms with Crippen LogP contribution in [0.4, 0.5) is 5.69 Å². The average Bonchev–Trinajstić information content (AvgIpc) is 2.93. The summed E-state index contributed by atoms with van der Waals surface area (Å²) in [6.45, 7) is 5.09. The third-order valence-electron chi connectivity index (χ3n) is 5.86. The van der Waals surface area contributed by atoms with Crippen molar-refractivity contribution in [2.24, 2.45) is 5.73 Å². The van der Waals surface area contributed by atoms with Crippen molar-refractivity contribution in [2.45, 2.75) is 25.2 Å². The minimum absolute atomic E-state index is 0.117. The number of anilines is 1. The molecule has 2 aromatic carbocycles. The van der Waals surface area contributed by atoms with Crippen LogP contribution in [0.25, 0.3) is 11.1 Å². The maximum Gasteiger partial charge on any atom is 0.248 e. The Morgan fingerprint density at radius 3 is 2.58 bits per heavy atom. The molecule has 2 aliphatic heterocycles. The number of piperidine rings is 1. The van der Waals surface area contributed by atoms with Crippen LogP contribution in [0.15, 0.2) is 42.5 Å². The van der Waals surface area contributed by atoms with Crippen molar-refractivity contribution < 1.29 is 9.59 Å². The van der Waals surface area contributed by atoms with Gasteiger partial charge in [-0.05, 0) is 67.4 Å². The number of fused-ring (bicyclic) bond motifs is 2. The van der Waals surface area contributed by atoms with E-state index in [0.29, 0.717) is 5.56 Å². The Morgan fingerprint density at radius 2 is 1.88 bits per heavy atom. The van der Waals surface area contributed by atoms with E-state index in [4.69, 9.17) is 5.73 Å². The average molecular weight is 349 g/mol. The summed E-state index contributed by atoms with van der Waals surface area (Å²) in [4.78, 5) is 26.6. The van der Waals surface area contributed by atoms with Gasteiger partial charge in [0.15, 0.2) is 0 Å². The summed E-state index contributed by atoms with van der Waals surface area (Å²) in [5.41, 5.74) is 9.35. The van der Waals surface area contributed by atoms with Crippen LogP contribution < -0.4 is 11.1 Å². The lowest BCUT2D eigenvalue weighted by atomic mass is 9.73. The molecule has 2 amide bonds. The molecule has 2 heterocycles. The minimum atomic E-state index is -0.442. The van der Waals surface area contributed by atoms with Crippen LogP contribution in [-0.2, 0) is 10.2 Å². The summed E-state index contributed by atoms with van der Waals surface area (Å²) >= 11 is 0. The number of carbonyl (C=O) groups is 2. The summed E-state index contributed by atoms with van der Waals surface area (Å²) in [7, 11) is 0. The summed E-state index contributed by atoms with van der Waals surface area (Å²) in [5, 5.41) is 3.09. The number of benzene rings is 2. The number of hydrogen-bond donors (Lipinski definition) is 2. The van der Waals surface area contributed by atoms with Gasteiger partial charge in [0.1, 0.15) is 0 Å². The fraction of sp³-hybridized carbons (Fsp3) is 0.333. The van der Waals surface area contributed by atoms with Gasteiger partial charge in [-0.2, -0.15) is 0 Å². The third kappa shape index (κ3) is 2.59. The molecule has 0 aromatic heterocycles. The zero-order valence-electron chi connectivity index (χ0n) is 14.9. The van der Waals surface area contributed by atoms with E-state index >= 15 is 0 Å². The molecule has 1 spiro atoms. The minimum Gasteiger partial charge on any atom is -0.366 e. The van der Waals surface area contributed by atoms with Gasteiger partial charge in [0.2, 0.25) is 11.8 Å². The first kappa shape index (κ1) is 16.8. The number of nitrogens with one attached hydrogen (secondary N) is 1. The topological polar surface area (TPSA) is 75.4 Å². The van der Waals surface area contributed by atoms with Crippen molar-refractivity contribution in [1.82, 2.24) is 4.90 Å². The lowest BCUT2D eigenvalue weighted by molar-refractivity contribution is -0.122. The molecule has 1 saturated heterocycles. The molecule has 134 valence electrons. The number of likely N-dealkylation sites (tertiary alicyclic amines) is 1. The normalized spacial score (nSPS) is 18.6. The summed E-state index contributed by atoms with van der Waals surface area (Å²) in [5.74, 6) is -0.325. The van der Waals surface area contributed by atoms with Gasteiger partial charge in [-0.15, -0.1) is 0 Å². The second-order valence-electron chi connectivity index (χ2n) is 7.18. The van der Waals surface area contributed by atoms with Gasteiger partial charge in [0.05, 0.1) is 5.41 Å². The summed E-state index contributed by atoms with van der Waals surface area (Å²) in [6, 6.07) is 13.4. The number of nitrogens with zero attached hydrogens (tertiary/aromatic N) is 1. The maximum atomic E-state index is 12.8. The highest BCUT2D eigenvalue weighted by molar-refractivity contribution is 6.07. The number of carbonyl (C=O) groups excluding carboxylic acids is 2.